The first-order valence-electron chi connectivity index (χ1n) is 4.16. The molecule has 0 aromatic carbocycles. The van der Waals surface area contributed by atoms with Crippen LogP contribution in [0.2, 0.25) is 0 Å². The Labute approximate surface area is 61.8 Å². The third-order valence-corrected chi connectivity index (χ3v) is 3.01. The lowest BCUT2D eigenvalue weighted by atomic mass is 9.94. The fourth-order valence-corrected chi connectivity index (χ4v) is 2.50. The Bertz CT molecular complexity index is 177. The maximum absolute atomic E-state index is 9.25. The molecule has 1 nitrogen and oxygen atoms in total. The molecule has 2 atom stereocenters. The highest BCUT2D eigenvalue weighted by Crippen LogP contribution is 2.48. The molecule has 0 radical (unpaired) electrons. The van der Waals surface area contributed by atoms with Crippen molar-refractivity contribution in [1.29, 1.82) is 0 Å². The van der Waals surface area contributed by atoms with Crippen LogP contribution in [0.5, 0.6) is 0 Å². The first-order valence-corrected chi connectivity index (χ1v) is 4.16. The van der Waals surface area contributed by atoms with E-state index in [0.29, 0.717) is 5.76 Å². The predicted octanol–water partition coefficient (Wildman–Crippen LogP) is 2.64. The minimum Gasteiger partial charge on any atom is -0.513 e. The number of aliphatic hydroxyl groups is 1. The smallest absolute Gasteiger partial charge is 0.0886 e. The van der Waals surface area contributed by atoms with Gasteiger partial charge in [-0.25, -0.2) is 0 Å². The minimum absolute atomic E-state index is 0.604. The van der Waals surface area contributed by atoms with Crippen LogP contribution in [0, 0.1) is 11.8 Å². The van der Waals surface area contributed by atoms with Crippen molar-refractivity contribution < 1.29 is 5.11 Å². The molecule has 56 valence electrons. The van der Waals surface area contributed by atoms with Gasteiger partial charge >= 0.3 is 0 Å². The Kier molecular flexibility index (Phi) is 1.26. The number of aliphatic hydroxyl groups excluding tert-OH is 1. The molecule has 2 saturated carbocycles. The van der Waals surface area contributed by atoms with Gasteiger partial charge in [-0.1, -0.05) is 0 Å². The number of hydrogen-bond donors (Lipinski definition) is 1. The van der Waals surface area contributed by atoms with Crippen LogP contribution in [0.3, 0.4) is 0 Å². The van der Waals surface area contributed by atoms with Crippen LogP contribution in [0.15, 0.2) is 11.3 Å². The molecule has 0 amide bonds. The summed E-state index contributed by atoms with van der Waals surface area (Å²) in [5, 5.41) is 9.25. The Morgan fingerprint density at radius 1 is 1.50 bits per heavy atom. The largest absolute Gasteiger partial charge is 0.513 e. The molecule has 0 aliphatic heterocycles. The van der Waals surface area contributed by atoms with Crippen molar-refractivity contribution in [2.24, 2.45) is 11.8 Å². The molecule has 0 saturated heterocycles. The summed E-state index contributed by atoms with van der Waals surface area (Å²) in [5.74, 6) is 2.28. The second-order valence-corrected chi connectivity index (χ2v) is 3.69. The van der Waals surface area contributed by atoms with E-state index in [0.717, 1.165) is 11.8 Å². The summed E-state index contributed by atoms with van der Waals surface area (Å²) in [6, 6.07) is 0. The molecule has 0 heterocycles. The molecule has 2 aliphatic rings. The lowest BCUT2D eigenvalue weighted by Crippen LogP contribution is -2.00. The van der Waals surface area contributed by atoms with Crippen LogP contribution in [-0.4, -0.2) is 5.11 Å². The number of rotatable bonds is 0. The van der Waals surface area contributed by atoms with Gasteiger partial charge in [-0.15, -0.1) is 0 Å². The van der Waals surface area contributed by atoms with E-state index >= 15 is 0 Å². The summed E-state index contributed by atoms with van der Waals surface area (Å²) >= 11 is 0. The van der Waals surface area contributed by atoms with Crippen molar-refractivity contribution in [1.82, 2.24) is 0 Å². The van der Waals surface area contributed by atoms with Gasteiger partial charge < -0.3 is 5.11 Å². The molecule has 2 bridgehead atoms. The molecular weight excluding hydrogens is 124 g/mol. The first-order chi connectivity index (χ1) is 4.77. The van der Waals surface area contributed by atoms with Crippen molar-refractivity contribution in [3.8, 4) is 0 Å². The summed E-state index contributed by atoms with van der Waals surface area (Å²) < 4.78 is 0. The molecule has 2 fully saturated rings. The van der Waals surface area contributed by atoms with E-state index < -0.39 is 0 Å². The third-order valence-electron chi connectivity index (χ3n) is 3.01. The Hall–Kier alpha value is -0.460. The Morgan fingerprint density at radius 3 is 2.60 bits per heavy atom. The summed E-state index contributed by atoms with van der Waals surface area (Å²) in [6.07, 6.45) is 5.28. The SMILES string of the molecule is C/C(O)=C1\CC2CCC1C2. The highest BCUT2D eigenvalue weighted by Gasteiger charge is 2.36. The van der Waals surface area contributed by atoms with E-state index in [-0.39, 0.29) is 0 Å². The second-order valence-electron chi connectivity index (χ2n) is 3.69. The van der Waals surface area contributed by atoms with Gasteiger partial charge in [0.1, 0.15) is 0 Å². The van der Waals surface area contributed by atoms with E-state index in [9.17, 15) is 5.11 Å². The summed E-state index contributed by atoms with van der Waals surface area (Å²) in [6.45, 7) is 1.83. The zero-order valence-electron chi connectivity index (χ0n) is 6.43. The number of allylic oxidation sites excluding steroid dienone is 2. The fourth-order valence-electron chi connectivity index (χ4n) is 2.50. The minimum atomic E-state index is 0.604. The highest BCUT2D eigenvalue weighted by atomic mass is 16.3. The normalized spacial score (nSPS) is 42.5. The monoisotopic (exact) mass is 138 g/mol. The van der Waals surface area contributed by atoms with Crippen LogP contribution in [0.1, 0.15) is 32.6 Å². The maximum Gasteiger partial charge on any atom is 0.0886 e. The topological polar surface area (TPSA) is 20.2 Å². The van der Waals surface area contributed by atoms with E-state index in [1.54, 1.807) is 0 Å². The third kappa shape index (κ3) is 0.764. The van der Waals surface area contributed by atoms with Crippen molar-refractivity contribution in [2.75, 3.05) is 0 Å². The molecule has 0 aromatic heterocycles. The van der Waals surface area contributed by atoms with Crippen LogP contribution < -0.4 is 0 Å². The van der Waals surface area contributed by atoms with Gasteiger partial charge in [0.25, 0.3) is 0 Å². The highest BCUT2D eigenvalue weighted by molar-refractivity contribution is 5.18. The number of fused-ring (bicyclic) bond motifs is 2. The standard InChI is InChI=1S/C9H14O/c1-6(10)9-5-7-2-3-8(9)4-7/h7-8,10H,2-5H2,1H3/b9-6-. The van der Waals surface area contributed by atoms with E-state index in [2.05, 4.69) is 0 Å². The maximum atomic E-state index is 9.25. The van der Waals surface area contributed by atoms with Crippen LogP contribution in [0.25, 0.3) is 0 Å². The molecule has 2 aliphatic carbocycles. The summed E-state index contributed by atoms with van der Waals surface area (Å²) in [4.78, 5) is 0. The van der Waals surface area contributed by atoms with Crippen molar-refractivity contribution in [2.45, 2.75) is 32.6 Å². The average molecular weight is 138 g/mol. The lowest BCUT2D eigenvalue weighted by Gasteiger charge is -2.13. The Morgan fingerprint density at radius 2 is 2.30 bits per heavy atom. The van der Waals surface area contributed by atoms with Crippen molar-refractivity contribution >= 4 is 0 Å². The van der Waals surface area contributed by atoms with Crippen molar-refractivity contribution in [3.63, 3.8) is 0 Å². The van der Waals surface area contributed by atoms with Crippen LogP contribution >= 0.6 is 0 Å². The molecule has 0 spiro atoms. The van der Waals surface area contributed by atoms with Crippen LogP contribution in [-0.2, 0) is 0 Å². The Balaban J connectivity index is 2.23. The van der Waals surface area contributed by atoms with E-state index in [4.69, 9.17) is 0 Å². The molecule has 1 heteroatoms. The lowest BCUT2D eigenvalue weighted by molar-refractivity contribution is 0.390. The average Bonchev–Trinajstić information content (AvgIpc) is 2.44. The van der Waals surface area contributed by atoms with Crippen molar-refractivity contribution in [3.05, 3.63) is 11.3 Å². The van der Waals surface area contributed by atoms with Gasteiger partial charge in [0.15, 0.2) is 0 Å². The zero-order valence-corrected chi connectivity index (χ0v) is 6.43. The molecule has 10 heavy (non-hydrogen) atoms. The fraction of sp³-hybridized carbons (Fsp3) is 0.778. The molecule has 1 N–H and O–H groups in total. The molecule has 2 rings (SSSR count). The zero-order chi connectivity index (χ0) is 7.14. The quantitative estimate of drug-likeness (QED) is 0.510. The van der Waals surface area contributed by atoms with Gasteiger partial charge in [0.05, 0.1) is 5.76 Å². The van der Waals surface area contributed by atoms with Gasteiger partial charge in [0.2, 0.25) is 0 Å². The van der Waals surface area contributed by atoms with Gasteiger partial charge in [-0.2, -0.15) is 0 Å². The summed E-state index contributed by atoms with van der Waals surface area (Å²) in [7, 11) is 0. The van der Waals surface area contributed by atoms with Gasteiger partial charge in [-0.05, 0) is 50.0 Å². The molecule has 0 aromatic rings. The van der Waals surface area contributed by atoms with Gasteiger partial charge in [0, 0.05) is 0 Å². The van der Waals surface area contributed by atoms with E-state index in [1.807, 2.05) is 6.92 Å². The second kappa shape index (κ2) is 2.01. The number of hydrogen-bond acceptors (Lipinski definition) is 1. The predicted molar refractivity (Wildman–Crippen MR) is 40.8 cm³/mol. The van der Waals surface area contributed by atoms with Gasteiger partial charge in [-0.3, -0.25) is 0 Å². The summed E-state index contributed by atoms with van der Waals surface area (Å²) in [5.41, 5.74) is 1.36. The first kappa shape index (κ1) is 6.26. The molecule has 2 unspecified atom stereocenters. The van der Waals surface area contributed by atoms with E-state index in [1.165, 1.54) is 31.3 Å². The molecular formula is C9H14O. The van der Waals surface area contributed by atoms with Crippen LogP contribution in [0.4, 0.5) is 0 Å².